The van der Waals surface area contributed by atoms with Gasteiger partial charge in [-0.05, 0) is 42.2 Å². The van der Waals surface area contributed by atoms with Crippen molar-refractivity contribution in [3.63, 3.8) is 0 Å². The van der Waals surface area contributed by atoms with Gasteiger partial charge in [-0.3, -0.25) is 9.59 Å². The van der Waals surface area contributed by atoms with Crippen molar-refractivity contribution < 1.29 is 29.0 Å². The largest absolute Gasteiger partial charge is 0.459 e. The Kier molecular flexibility index (Phi) is 9.33. The SMILES string of the molecule is CC(=O)OC1C(O)CC(OC(=O)c2ccc(-c3ccccc3)cc2)C1C=CC(=O)CCCCC#N. The summed E-state index contributed by atoms with van der Waals surface area (Å²) >= 11 is 0. The molecule has 0 heterocycles. The zero-order valence-corrected chi connectivity index (χ0v) is 19.6. The highest BCUT2D eigenvalue weighted by Gasteiger charge is 2.45. The first-order valence-electron chi connectivity index (χ1n) is 11.7. The number of aliphatic hydroxyl groups is 1. The fourth-order valence-corrected chi connectivity index (χ4v) is 4.15. The number of carbonyl (C=O) groups excluding carboxylic acids is 3. The molecule has 1 saturated carbocycles. The number of hydrogen-bond donors (Lipinski definition) is 1. The van der Waals surface area contributed by atoms with Gasteiger partial charge >= 0.3 is 11.9 Å². The Balaban J connectivity index is 1.70. The number of nitrogens with zero attached hydrogens (tertiary/aromatic N) is 1. The number of rotatable bonds is 10. The first-order valence-corrected chi connectivity index (χ1v) is 11.7. The first-order chi connectivity index (χ1) is 16.9. The van der Waals surface area contributed by atoms with E-state index in [4.69, 9.17) is 14.7 Å². The van der Waals surface area contributed by atoms with Gasteiger partial charge in [-0.2, -0.15) is 5.26 Å². The molecule has 1 fully saturated rings. The maximum Gasteiger partial charge on any atom is 0.338 e. The zero-order chi connectivity index (χ0) is 25.2. The van der Waals surface area contributed by atoms with Crippen LogP contribution in [0.4, 0.5) is 0 Å². The van der Waals surface area contributed by atoms with Crippen molar-refractivity contribution in [2.45, 2.75) is 57.3 Å². The van der Waals surface area contributed by atoms with Crippen molar-refractivity contribution in [3.05, 3.63) is 72.3 Å². The Morgan fingerprint density at radius 3 is 2.37 bits per heavy atom. The monoisotopic (exact) mass is 475 g/mol. The average molecular weight is 476 g/mol. The zero-order valence-electron chi connectivity index (χ0n) is 19.6. The van der Waals surface area contributed by atoms with Crippen LogP contribution in [0.25, 0.3) is 11.1 Å². The number of allylic oxidation sites excluding steroid dienone is 1. The van der Waals surface area contributed by atoms with E-state index in [2.05, 4.69) is 0 Å². The molecule has 1 aliphatic carbocycles. The molecule has 0 bridgehead atoms. The van der Waals surface area contributed by atoms with Gasteiger partial charge in [0, 0.05) is 26.2 Å². The predicted molar refractivity (Wildman–Crippen MR) is 129 cm³/mol. The first kappa shape index (κ1) is 25.9. The molecule has 7 nitrogen and oxygen atoms in total. The van der Waals surface area contributed by atoms with Gasteiger partial charge in [-0.15, -0.1) is 0 Å². The lowest BCUT2D eigenvalue weighted by atomic mass is 10.0. The van der Waals surface area contributed by atoms with E-state index in [1.807, 2.05) is 48.5 Å². The molecule has 1 N–H and O–H groups in total. The number of aliphatic hydroxyl groups excluding tert-OH is 1. The highest BCUT2D eigenvalue weighted by molar-refractivity contribution is 5.90. The van der Waals surface area contributed by atoms with Gasteiger partial charge in [-0.1, -0.05) is 48.5 Å². The average Bonchev–Trinajstić information content (AvgIpc) is 3.14. The normalized spacial score (nSPS) is 21.4. The number of carbonyl (C=O) groups is 3. The molecule has 0 radical (unpaired) electrons. The maximum absolute atomic E-state index is 12.8. The Labute approximate surface area is 205 Å². The summed E-state index contributed by atoms with van der Waals surface area (Å²) < 4.78 is 11.0. The molecular formula is C28H29NO6. The Hall–Kier alpha value is -3.76. The third-order valence-corrected chi connectivity index (χ3v) is 5.92. The topological polar surface area (TPSA) is 114 Å². The Morgan fingerprint density at radius 1 is 1.03 bits per heavy atom. The van der Waals surface area contributed by atoms with Gasteiger partial charge in [0.05, 0.1) is 23.7 Å². The molecule has 0 aliphatic heterocycles. The van der Waals surface area contributed by atoms with E-state index in [-0.39, 0.29) is 18.6 Å². The second-order valence-corrected chi connectivity index (χ2v) is 8.53. The van der Waals surface area contributed by atoms with Crippen molar-refractivity contribution in [1.29, 1.82) is 5.26 Å². The summed E-state index contributed by atoms with van der Waals surface area (Å²) in [6.45, 7) is 1.24. The van der Waals surface area contributed by atoms with E-state index >= 15 is 0 Å². The van der Waals surface area contributed by atoms with Crippen molar-refractivity contribution in [1.82, 2.24) is 0 Å². The van der Waals surface area contributed by atoms with Crippen molar-refractivity contribution in [2.24, 2.45) is 5.92 Å². The lowest BCUT2D eigenvalue weighted by molar-refractivity contribution is -0.152. The van der Waals surface area contributed by atoms with Crippen LogP contribution in [0.15, 0.2) is 66.7 Å². The maximum atomic E-state index is 12.8. The summed E-state index contributed by atoms with van der Waals surface area (Å²) in [7, 11) is 0. The number of ether oxygens (including phenoxy) is 2. The minimum atomic E-state index is -1.03. The smallest absolute Gasteiger partial charge is 0.338 e. The van der Waals surface area contributed by atoms with E-state index in [9.17, 15) is 19.5 Å². The van der Waals surface area contributed by atoms with Crippen LogP contribution in [-0.4, -0.2) is 41.1 Å². The van der Waals surface area contributed by atoms with Gasteiger partial charge in [-0.25, -0.2) is 4.79 Å². The number of ketones is 1. The second-order valence-electron chi connectivity index (χ2n) is 8.53. The summed E-state index contributed by atoms with van der Waals surface area (Å²) in [5.74, 6) is -1.94. The van der Waals surface area contributed by atoms with Crippen LogP contribution in [0.2, 0.25) is 0 Å². The lowest BCUT2D eigenvalue weighted by Gasteiger charge is -2.22. The molecule has 0 saturated heterocycles. The van der Waals surface area contributed by atoms with Crippen LogP contribution >= 0.6 is 0 Å². The second kappa shape index (κ2) is 12.6. The van der Waals surface area contributed by atoms with Crippen LogP contribution in [0.1, 0.15) is 49.4 Å². The predicted octanol–water partition coefficient (Wildman–Crippen LogP) is 4.40. The van der Waals surface area contributed by atoms with E-state index in [0.717, 1.165) is 11.1 Å². The molecule has 2 aromatic rings. The van der Waals surface area contributed by atoms with Gasteiger partial charge in [0.2, 0.25) is 0 Å². The molecule has 0 aromatic heterocycles. The molecule has 1 aliphatic rings. The fourth-order valence-electron chi connectivity index (χ4n) is 4.15. The van der Waals surface area contributed by atoms with Gasteiger partial charge in [0.25, 0.3) is 0 Å². The lowest BCUT2D eigenvalue weighted by Crippen LogP contribution is -2.32. The van der Waals surface area contributed by atoms with Crippen molar-refractivity contribution in [3.8, 4) is 17.2 Å². The number of benzene rings is 2. The van der Waals surface area contributed by atoms with E-state index in [1.54, 1.807) is 18.2 Å². The molecule has 7 heteroatoms. The molecule has 2 aromatic carbocycles. The third-order valence-electron chi connectivity index (χ3n) is 5.92. The summed E-state index contributed by atoms with van der Waals surface area (Å²) in [6, 6.07) is 18.8. The number of hydrogen-bond acceptors (Lipinski definition) is 7. The van der Waals surface area contributed by atoms with Crippen molar-refractivity contribution >= 4 is 17.7 Å². The molecule has 35 heavy (non-hydrogen) atoms. The van der Waals surface area contributed by atoms with Crippen molar-refractivity contribution in [2.75, 3.05) is 0 Å². The fraction of sp³-hybridized carbons (Fsp3) is 0.357. The third kappa shape index (κ3) is 7.36. The molecule has 4 atom stereocenters. The highest BCUT2D eigenvalue weighted by Crippen LogP contribution is 2.34. The molecule has 0 spiro atoms. The van der Waals surface area contributed by atoms with E-state index in [1.165, 1.54) is 13.0 Å². The Morgan fingerprint density at radius 2 is 1.71 bits per heavy atom. The molecule has 0 amide bonds. The molecular weight excluding hydrogens is 446 g/mol. The van der Waals surface area contributed by atoms with Gasteiger partial charge < -0.3 is 14.6 Å². The molecule has 182 valence electrons. The quantitative estimate of drug-likeness (QED) is 0.308. The minimum absolute atomic E-state index is 0.0805. The van der Waals surface area contributed by atoms with E-state index < -0.39 is 36.2 Å². The van der Waals surface area contributed by atoms with Crippen LogP contribution in [0.5, 0.6) is 0 Å². The molecule has 4 unspecified atom stereocenters. The number of nitriles is 1. The minimum Gasteiger partial charge on any atom is -0.459 e. The number of esters is 2. The van der Waals surface area contributed by atoms with E-state index in [0.29, 0.717) is 24.8 Å². The van der Waals surface area contributed by atoms with Crippen LogP contribution < -0.4 is 0 Å². The van der Waals surface area contributed by atoms with Crippen LogP contribution in [0.3, 0.4) is 0 Å². The van der Waals surface area contributed by atoms with Gasteiger partial charge in [0.15, 0.2) is 5.78 Å². The highest BCUT2D eigenvalue weighted by atomic mass is 16.6. The Bertz CT molecular complexity index is 1090. The summed E-state index contributed by atoms with van der Waals surface area (Å²) in [5.41, 5.74) is 2.34. The summed E-state index contributed by atoms with van der Waals surface area (Å²) in [5, 5.41) is 19.1. The summed E-state index contributed by atoms with van der Waals surface area (Å²) in [6.07, 6.45) is 2.19. The number of unbranched alkanes of at least 4 members (excludes halogenated alkanes) is 2. The van der Waals surface area contributed by atoms with Gasteiger partial charge in [0.1, 0.15) is 12.2 Å². The van der Waals surface area contributed by atoms with Crippen LogP contribution in [0, 0.1) is 17.2 Å². The summed E-state index contributed by atoms with van der Waals surface area (Å²) in [4.78, 5) is 36.6. The van der Waals surface area contributed by atoms with Crippen LogP contribution in [-0.2, 0) is 19.1 Å². The molecule has 3 rings (SSSR count). The standard InChI is InChI=1S/C28H29NO6/c1-19(30)34-27-24(16-15-23(31)10-6-3-7-17-29)26(18-25(27)32)35-28(33)22-13-11-21(12-14-22)20-8-4-2-5-9-20/h2,4-5,8-9,11-16,24-27,32H,3,6-7,10,18H2,1H3.